The highest BCUT2D eigenvalue weighted by molar-refractivity contribution is 5.74. The van der Waals surface area contributed by atoms with Crippen LogP contribution in [0.1, 0.15) is 13.3 Å². The molecule has 15 heavy (non-hydrogen) atoms. The molecule has 0 fully saturated rings. The lowest BCUT2D eigenvalue weighted by atomic mass is 10.2. The van der Waals surface area contributed by atoms with Crippen LogP contribution in [0.5, 0.6) is 0 Å². The maximum Gasteiger partial charge on any atom is 0.0958 e. The molecular weight excluding hydrogens is 186 g/mol. The van der Waals surface area contributed by atoms with Gasteiger partial charge in [-0.1, -0.05) is 19.1 Å². The van der Waals surface area contributed by atoms with Crippen LogP contribution in [0.2, 0.25) is 0 Å². The normalized spacial score (nSPS) is 13.2. The van der Waals surface area contributed by atoms with Gasteiger partial charge in [0.1, 0.15) is 0 Å². The molecule has 2 aromatic rings. The predicted molar refractivity (Wildman–Crippen MR) is 62.9 cm³/mol. The van der Waals surface area contributed by atoms with E-state index < -0.39 is 0 Å². The van der Waals surface area contributed by atoms with E-state index >= 15 is 0 Å². The monoisotopic (exact) mass is 203 g/mol. The van der Waals surface area contributed by atoms with Gasteiger partial charge in [0.25, 0.3) is 0 Å². The fourth-order valence-corrected chi connectivity index (χ4v) is 1.82. The van der Waals surface area contributed by atoms with Gasteiger partial charge in [-0.25, -0.2) is 4.98 Å². The summed E-state index contributed by atoms with van der Waals surface area (Å²) in [5.74, 6) is 0. The molecule has 1 heterocycles. The number of nitrogens with one attached hydrogen (secondary N) is 1. The van der Waals surface area contributed by atoms with E-state index in [9.17, 15) is 0 Å². The van der Waals surface area contributed by atoms with Gasteiger partial charge >= 0.3 is 0 Å². The van der Waals surface area contributed by atoms with Crippen molar-refractivity contribution >= 4 is 11.0 Å². The zero-order valence-electron chi connectivity index (χ0n) is 9.27. The third kappa shape index (κ3) is 2.02. The van der Waals surface area contributed by atoms with Crippen molar-refractivity contribution in [3.63, 3.8) is 0 Å². The van der Waals surface area contributed by atoms with Crippen molar-refractivity contribution in [1.82, 2.24) is 14.9 Å². The number of hydrogen-bond acceptors (Lipinski definition) is 2. The van der Waals surface area contributed by atoms with E-state index in [0.717, 1.165) is 18.5 Å². The van der Waals surface area contributed by atoms with Gasteiger partial charge in [-0.2, -0.15) is 0 Å². The van der Waals surface area contributed by atoms with Crippen molar-refractivity contribution in [3.05, 3.63) is 30.6 Å². The first-order valence-corrected chi connectivity index (χ1v) is 5.42. The van der Waals surface area contributed by atoms with Gasteiger partial charge in [0.2, 0.25) is 0 Å². The quantitative estimate of drug-likeness (QED) is 0.824. The molecular formula is C12H17N3. The molecule has 0 amide bonds. The highest BCUT2D eigenvalue weighted by Gasteiger charge is 2.06. The lowest BCUT2D eigenvalue weighted by Crippen LogP contribution is -2.29. The van der Waals surface area contributed by atoms with Gasteiger partial charge in [-0.05, 0) is 25.6 Å². The number of nitrogens with zero attached hydrogens (tertiary/aromatic N) is 2. The van der Waals surface area contributed by atoms with Gasteiger partial charge in [0, 0.05) is 12.6 Å². The van der Waals surface area contributed by atoms with Crippen LogP contribution in [0.3, 0.4) is 0 Å². The number of benzene rings is 1. The molecule has 3 heteroatoms. The van der Waals surface area contributed by atoms with E-state index in [0.29, 0.717) is 6.04 Å². The average molecular weight is 203 g/mol. The van der Waals surface area contributed by atoms with E-state index in [2.05, 4.69) is 33.9 Å². The Morgan fingerprint density at radius 2 is 2.20 bits per heavy atom. The van der Waals surface area contributed by atoms with E-state index in [1.165, 1.54) is 5.52 Å². The van der Waals surface area contributed by atoms with E-state index in [-0.39, 0.29) is 0 Å². The molecule has 3 nitrogen and oxygen atoms in total. The molecule has 0 aliphatic rings. The van der Waals surface area contributed by atoms with Gasteiger partial charge in [0.15, 0.2) is 0 Å². The topological polar surface area (TPSA) is 29.9 Å². The Bertz CT molecular complexity index is 429. The molecule has 0 bridgehead atoms. The zero-order chi connectivity index (χ0) is 10.7. The minimum Gasteiger partial charge on any atom is -0.329 e. The first kappa shape index (κ1) is 10.2. The van der Waals surface area contributed by atoms with Crippen LogP contribution in [0.25, 0.3) is 11.0 Å². The minimum atomic E-state index is 0.516. The molecule has 0 aliphatic carbocycles. The third-order valence-corrected chi connectivity index (χ3v) is 2.85. The Kier molecular flexibility index (Phi) is 3.02. The van der Waals surface area contributed by atoms with Crippen molar-refractivity contribution in [2.75, 3.05) is 7.05 Å². The maximum absolute atomic E-state index is 4.38. The highest BCUT2D eigenvalue weighted by Crippen LogP contribution is 2.12. The summed E-state index contributed by atoms with van der Waals surface area (Å²) in [4.78, 5) is 4.38. The molecule has 1 N–H and O–H groups in total. The fourth-order valence-electron chi connectivity index (χ4n) is 1.82. The molecule has 1 aromatic heterocycles. The lowest BCUT2D eigenvalue weighted by molar-refractivity contribution is 0.475. The summed E-state index contributed by atoms with van der Waals surface area (Å²) in [5.41, 5.74) is 2.29. The molecule has 1 aromatic carbocycles. The van der Waals surface area contributed by atoms with Gasteiger partial charge in [0.05, 0.1) is 17.4 Å². The van der Waals surface area contributed by atoms with Crippen LogP contribution in [0.15, 0.2) is 30.6 Å². The van der Waals surface area contributed by atoms with Crippen LogP contribution < -0.4 is 5.32 Å². The number of aromatic nitrogens is 2. The first-order valence-electron chi connectivity index (χ1n) is 5.42. The number of imidazole rings is 1. The van der Waals surface area contributed by atoms with Crippen molar-refractivity contribution in [3.8, 4) is 0 Å². The molecule has 0 saturated heterocycles. The number of para-hydroxylation sites is 2. The second-order valence-electron chi connectivity index (χ2n) is 3.78. The van der Waals surface area contributed by atoms with Gasteiger partial charge in [-0.15, -0.1) is 0 Å². The minimum absolute atomic E-state index is 0.516. The number of rotatable bonds is 4. The van der Waals surface area contributed by atoms with Crippen LogP contribution in [-0.2, 0) is 6.54 Å². The Balaban J connectivity index is 2.28. The van der Waals surface area contributed by atoms with E-state index in [1.54, 1.807) is 0 Å². The maximum atomic E-state index is 4.38. The van der Waals surface area contributed by atoms with E-state index in [4.69, 9.17) is 0 Å². The molecule has 1 unspecified atom stereocenters. The molecule has 0 radical (unpaired) electrons. The van der Waals surface area contributed by atoms with Crippen LogP contribution in [0, 0.1) is 0 Å². The summed E-state index contributed by atoms with van der Waals surface area (Å²) in [6.07, 6.45) is 3.05. The predicted octanol–water partition coefficient (Wildman–Crippen LogP) is 2.03. The Hall–Kier alpha value is -1.35. The van der Waals surface area contributed by atoms with Crippen LogP contribution in [0.4, 0.5) is 0 Å². The Labute approximate surface area is 90.1 Å². The lowest BCUT2D eigenvalue weighted by Gasteiger charge is -2.14. The summed E-state index contributed by atoms with van der Waals surface area (Å²) < 4.78 is 2.21. The smallest absolute Gasteiger partial charge is 0.0958 e. The van der Waals surface area contributed by atoms with Crippen molar-refractivity contribution in [2.45, 2.75) is 25.9 Å². The summed E-state index contributed by atoms with van der Waals surface area (Å²) >= 11 is 0. The first-order chi connectivity index (χ1) is 7.35. The molecule has 1 atom stereocenters. The third-order valence-electron chi connectivity index (χ3n) is 2.85. The molecule has 0 saturated carbocycles. The number of likely N-dealkylation sites (N-methyl/N-ethyl adjacent to an activating group) is 1. The molecule has 80 valence electrons. The van der Waals surface area contributed by atoms with Gasteiger partial charge < -0.3 is 9.88 Å². The fraction of sp³-hybridized carbons (Fsp3) is 0.417. The summed E-state index contributed by atoms with van der Waals surface area (Å²) in [6, 6.07) is 8.76. The highest BCUT2D eigenvalue weighted by atomic mass is 15.1. The van der Waals surface area contributed by atoms with Crippen LogP contribution >= 0.6 is 0 Å². The second kappa shape index (κ2) is 4.45. The number of fused-ring (bicyclic) bond motifs is 1. The second-order valence-corrected chi connectivity index (χ2v) is 3.78. The summed E-state index contributed by atoms with van der Waals surface area (Å²) in [6.45, 7) is 3.17. The Morgan fingerprint density at radius 1 is 1.40 bits per heavy atom. The summed E-state index contributed by atoms with van der Waals surface area (Å²) in [7, 11) is 2.01. The van der Waals surface area contributed by atoms with Gasteiger partial charge in [-0.3, -0.25) is 0 Å². The van der Waals surface area contributed by atoms with E-state index in [1.807, 2.05) is 25.5 Å². The average Bonchev–Trinajstić information content (AvgIpc) is 2.69. The standard InChI is InChI=1S/C12H17N3/c1-3-10(13-2)8-15-9-14-11-6-4-5-7-12(11)15/h4-7,9-10,13H,3,8H2,1-2H3. The molecule has 0 spiro atoms. The van der Waals surface area contributed by atoms with Crippen molar-refractivity contribution < 1.29 is 0 Å². The van der Waals surface area contributed by atoms with Crippen LogP contribution in [-0.4, -0.2) is 22.6 Å². The SMILES string of the molecule is CCC(Cn1cnc2ccccc21)NC. The van der Waals surface area contributed by atoms with Crippen molar-refractivity contribution in [2.24, 2.45) is 0 Å². The Morgan fingerprint density at radius 3 is 2.93 bits per heavy atom. The summed E-state index contributed by atoms with van der Waals surface area (Å²) in [5, 5.41) is 3.31. The largest absolute Gasteiger partial charge is 0.329 e. The zero-order valence-corrected chi connectivity index (χ0v) is 9.27. The molecule has 0 aliphatic heterocycles. The molecule has 2 rings (SSSR count). The number of hydrogen-bond donors (Lipinski definition) is 1. The van der Waals surface area contributed by atoms with Crippen molar-refractivity contribution in [1.29, 1.82) is 0 Å².